The molecule has 8 aromatic heterocycles. The molecular formula is C135H112Ir4N10-5. The normalized spacial score (nSPS) is 10.3. The Labute approximate surface area is 934 Å². The molecule has 0 amide bonds. The number of pyridine rings is 8. The molecule has 14 aromatic carbocycles. The number of para-hydroxylation sites is 1. The molecule has 2 aliphatic heterocycles. The zero-order chi connectivity index (χ0) is 98.8. The number of fused-ring (bicyclic) bond motifs is 3. The molecule has 0 unspecified atom stereocenters. The first-order valence-corrected chi connectivity index (χ1v) is 47.9. The summed E-state index contributed by atoms with van der Waals surface area (Å²) in [5.74, 6) is 0.641. The van der Waals surface area contributed by atoms with Crippen molar-refractivity contribution in [3.8, 4) is 135 Å². The van der Waals surface area contributed by atoms with E-state index >= 15 is 0 Å². The summed E-state index contributed by atoms with van der Waals surface area (Å²) in [4.78, 5) is 32.8. The van der Waals surface area contributed by atoms with Gasteiger partial charge < -0.3 is 45.1 Å². The topological polar surface area (TPSA) is 109 Å². The van der Waals surface area contributed by atoms with Gasteiger partial charge in [-0.3, -0.25) is 0 Å². The second-order valence-electron chi connectivity index (χ2n) is 33.4. The molecule has 0 saturated heterocycles. The second-order valence-corrected chi connectivity index (χ2v) is 33.4. The Kier molecular flexibility index (Phi) is 49.7. The summed E-state index contributed by atoms with van der Waals surface area (Å²) >= 11 is 0. The van der Waals surface area contributed by atoms with Crippen molar-refractivity contribution < 1.29 is 85.0 Å². The van der Waals surface area contributed by atoms with Gasteiger partial charge in [-0.2, -0.15) is 47.6 Å². The second kappa shape index (κ2) is 64.3. The Balaban J connectivity index is 0.000000170. The smallest absolute Gasteiger partial charge is 0.521 e. The van der Waals surface area contributed by atoms with E-state index in [1.807, 2.05) is 358 Å². The number of nitrogens with one attached hydrogen (secondary N) is 1. The van der Waals surface area contributed by atoms with E-state index in [1.54, 1.807) is 24.8 Å². The SMILES string of the molecule is C.C1=CN(c2ccccc2)[CH-]N1.CC(C)Cc1cccc(-c2[c-]cccc2)n1.Cc1cc(-c2[c-]cccc2)ncc1-c1ccccc1.Cc1ccccc1-c1ccc(-c2[c-]cccc2)nc1.[Ir+3].[Ir].[Ir].[Ir].[c-]1ccc(-c2ccccc2)cc1-c1ccccn1.[c-]1ccccc1.[c-]1ccccc1-c1ccccn1.[c-]1ccccc1-c1ccccn1.[c-]1ccccc1-c1ccccn1.c1ccc(-c2ccc3c(c2)-c2cccc[n+]2C3)cc1. The van der Waals surface area contributed by atoms with E-state index in [1.165, 1.54) is 72.6 Å². The van der Waals surface area contributed by atoms with Crippen LogP contribution in [0.3, 0.4) is 0 Å². The Hall–Kier alpha value is -15.8. The number of nitrogens with zero attached hydrogens (tertiary/aromatic N) is 9. The van der Waals surface area contributed by atoms with Crippen molar-refractivity contribution in [2.75, 3.05) is 4.90 Å². The van der Waals surface area contributed by atoms with Gasteiger partial charge in [0, 0.05) is 132 Å². The van der Waals surface area contributed by atoms with E-state index in [-0.39, 0.29) is 87.8 Å². The van der Waals surface area contributed by atoms with Crippen LogP contribution in [0.1, 0.15) is 43.7 Å². The van der Waals surface area contributed by atoms with Crippen molar-refractivity contribution in [2.45, 2.75) is 48.1 Å². The molecule has 0 aliphatic carbocycles. The molecule has 0 spiro atoms. The van der Waals surface area contributed by atoms with Crippen LogP contribution in [-0.4, -0.2) is 34.9 Å². The van der Waals surface area contributed by atoms with Crippen molar-refractivity contribution >= 4 is 5.69 Å². The molecule has 14 heteroatoms. The summed E-state index contributed by atoms with van der Waals surface area (Å²) in [6, 6.07) is 187. The molecule has 10 nitrogen and oxygen atoms in total. The number of benzene rings is 14. The fourth-order valence-corrected chi connectivity index (χ4v) is 15.4. The third kappa shape index (κ3) is 36.7. The molecule has 1 N–H and O–H groups in total. The summed E-state index contributed by atoms with van der Waals surface area (Å²) < 4.78 is 2.30. The Morgan fingerprint density at radius 1 is 0.309 bits per heavy atom. The number of hydrogen-bond donors (Lipinski definition) is 1. The van der Waals surface area contributed by atoms with Gasteiger partial charge >= 0.3 is 20.1 Å². The van der Waals surface area contributed by atoms with Gasteiger partial charge in [-0.25, -0.2) is 0 Å². The summed E-state index contributed by atoms with van der Waals surface area (Å²) in [6.45, 7) is 11.6. The molecule has 10 heterocycles. The van der Waals surface area contributed by atoms with Crippen LogP contribution in [0, 0.1) is 75.0 Å². The van der Waals surface area contributed by atoms with Gasteiger partial charge in [0.1, 0.15) is 0 Å². The minimum Gasteiger partial charge on any atom is -0.521 e. The summed E-state index contributed by atoms with van der Waals surface area (Å²) in [6.07, 6.45) is 18.1. The van der Waals surface area contributed by atoms with Crippen LogP contribution in [0.5, 0.6) is 0 Å². The molecule has 0 fully saturated rings. The minimum atomic E-state index is 0. The molecule has 0 bridgehead atoms. The zero-order valence-corrected chi connectivity index (χ0v) is 91.9. The number of aromatic nitrogens is 8. The van der Waals surface area contributed by atoms with Gasteiger partial charge in [-0.1, -0.05) is 246 Å². The predicted octanol–water partition coefficient (Wildman–Crippen LogP) is 32.1. The van der Waals surface area contributed by atoms with Crippen LogP contribution in [0.15, 0.2) is 541 Å². The van der Waals surface area contributed by atoms with E-state index in [0.717, 1.165) is 103 Å². The molecule has 0 saturated carbocycles. The first-order chi connectivity index (χ1) is 71.2. The maximum absolute atomic E-state index is 4.65. The van der Waals surface area contributed by atoms with Crippen LogP contribution in [-0.2, 0) is 93.4 Å². The molecule has 0 atom stereocenters. The third-order valence-electron chi connectivity index (χ3n) is 22.6. The standard InChI is InChI=1S/3C18H14N.C17H12N.C15H16N.3C11H8N.C9H9N2.C6H5.CH4.4Ir/c1-2-6-14(7-3-1)15-9-10-16-13-19-11-5-4-8-18(19)17(16)12-15;1-14-12-18(16-10-6-3-7-11-16)19-13-17(14)15-8-4-2-5-9-15;1-14-7-5-6-10-17(14)16-11-12-18(19-13-16)15-8-3-2-4-9-15;1-2-7-14(8-3-1)15-9-6-10-16(13-15)17-11-4-5-12-18-17;1-12(2)11-14-9-6-10-15(16-14)13-7-4-3-5-8-13;3*1-2-6-10(7-3-1)11-8-4-5-9-12-11;1-2-4-9(5-3-1)11-7-6-10-8-11;1-2-4-6-5-3-1;;;;;/h1-12H,13H2;2-10,12-13H,1H3;2-8,10-13H,1H3;1-9,11-13H;3-7,9-10,12H,11H2,1-2H3;3*1-6,8-9H;1-8,10H;1-5H;1H4;;;;/q+1;9*-1;;;;;+3. The van der Waals surface area contributed by atoms with Crippen LogP contribution in [0.2, 0.25) is 0 Å². The van der Waals surface area contributed by atoms with Gasteiger partial charge in [0.2, 0.25) is 5.69 Å². The summed E-state index contributed by atoms with van der Waals surface area (Å²) in [5, 5.41) is 2.99. The average molecular weight is 2640 g/mol. The van der Waals surface area contributed by atoms with Crippen LogP contribution in [0.4, 0.5) is 5.69 Å². The molecule has 743 valence electrons. The van der Waals surface area contributed by atoms with E-state index < -0.39 is 0 Å². The summed E-state index contributed by atoms with van der Waals surface area (Å²) in [5.41, 5.74) is 32.7. The van der Waals surface area contributed by atoms with E-state index in [2.05, 4.69) is 291 Å². The molecule has 149 heavy (non-hydrogen) atoms. The van der Waals surface area contributed by atoms with Crippen LogP contribution >= 0.6 is 0 Å². The Morgan fingerprint density at radius 3 is 1.14 bits per heavy atom. The van der Waals surface area contributed by atoms with Crippen molar-refractivity contribution in [3.05, 3.63) is 619 Å². The Bertz CT molecular complexity index is 7100. The van der Waals surface area contributed by atoms with Gasteiger partial charge in [-0.05, 0) is 178 Å². The molecule has 2 aliphatic rings. The largest absolute Gasteiger partial charge is 3.00 e. The van der Waals surface area contributed by atoms with Crippen molar-refractivity contribution in [1.82, 2.24) is 40.2 Å². The maximum atomic E-state index is 4.65. The van der Waals surface area contributed by atoms with Crippen molar-refractivity contribution in [3.63, 3.8) is 0 Å². The predicted molar refractivity (Wildman–Crippen MR) is 598 cm³/mol. The van der Waals surface area contributed by atoms with Gasteiger partial charge in [0.15, 0.2) is 12.7 Å². The third-order valence-corrected chi connectivity index (χ3v) is 22.6. The molecule has 22 aromatic rings. The zero-order valence-electron chi connectivity index (χ0n) is 82.3. The quantitative estimate of drug-likeness (QED) is 0.0841. The van der Waals surface area contributed by atoms with Crippen molar-refractivity contribution in [2.24, 2.45) is 5.92 Å². The van der Waals surface area contributed by atoms with Crippen LogP contribution < -0.4 is 14.8 Å². The van der Waals surface area contributed by atoms with Gasteiger partial charge in [0.25, 0.3) is 0 Å². The number of hydrogen-bond acceptors (Lipinski definition) is 9. The van der Waals surface area contributed by atoms with Crippen LogP contribution in [0.25, 0.3) is 135 Å². The summed E-state index contributed by atoms with van der Waals surface area (Å²) in [7, 11) is 0. The van der Waals surface area contributed by atoms with Gasteiger partial charge in [-0.15, -0.1) is 251 Å². The Morgan fingerprint density at radius 2 is 0.711 bits per heavy atom. The fourth-order valence-electron chi connectivity index (χ4n) is 15.4. The first-order valence-electron chi connectivity index (χ1n) is 47.9. The number of anilines is 1. The van der Waals surface area contributed by atoms with E-state index in [0.29, 0.717) is 5.92 Å². The van der Waals surface area contributed by atoms with Gasteiger partial charge in [0.05, 0.1) is 5.56 Å². The minimum absolute atomic E-state index is 0. The van der Waals surface area contributed by atoms with Crippen molar-refractivity contribution in [1.29, 1.82) is 0 Å². The number of aryl methyl sites for hydroxylation is 2. The molecule has 24 rings (SSSR count). The van der Waals surface area contributed by atoms with E-state index in [9.17, 15) is 0 Å². The first kappa shape index (κ1) is 115. The monoisotopic (exact) mass is 2640 g/mol. The molecule has 3 radical (unpaired) electrons. The van der Waals surface area contributed by atoms with E-state index in [4.69, 9.17) is 0 Å². The fraction of sp³-hybridized carbons (Fsp3) is 0.0593. The average Bonchev–Trinajstić information content (AvgIpc) is 1.60. The maximum Gasteiger partial charge on any atom is 3.00 e. The number of rotatable bonds is 14. The molecular weight excluding hydrogens is 2530 g/mol.